The maximum absolute atomic E-state index is 5.83. The number of methoxy groups -OCH3 is 2. The number of nitrogens with zero attached hydrogens (tertiary/aromatic N) is 4. The molecule has 0 spiro atoms. The van der Waals surface area contributed by atoms with Crippen molar-refractivity contribution in [1.82, 2.24) is 20.2 Å². The molecule has 7 nitrogen and oxygen atoms in total. The van der Waals surface area contributed by atoms with E-state index in [0.717, 1.165) is 18.1 Å². The summed E-state index contributed by atoms with van der Waals surface area (Å²) >= 11 is 0. The third-order valence-electron chi connectivity index (χ3n) is 3.49. The molecule has 3 rings (SSSR count). The Kier molecular flexibility index (Phi) is 4.04. The van der Waals surface area contributed by atoms with Crippen LogP contribution in [-0.4, -0.2) is 41.0 Å². The molecule has 7 heteroatoms. The summed E-state index contributed by atoms with van der Waals surface area (Å²) in [6.45, 7) is 2.60. The summed E-state index contributed by atoms with van der Waals surface area (Å²) in [7, 11) is 3.04. The Labute approximate surface area is 128 Å². The van der Waals surface area contributed by atoms with Crippen LogP contribution in [0.15, 0.2) is 12.3 Å². The Bertz CT molecular complexity index is 674. The lowest BCUT2D eigenvalue weighted by molar-refractivity contribution is 0.296. The van der Waals surface area contributed by atoms with Crippen LogP contribution in [0.5, 0.6) is 17.6 Å². The second-order valence-corrected chi connectivity index (χ2v) is 5.21. The van der Waals surface area contributed by atoms with Gasteiger partial charge in [0.2, 0.25) is 5.88 Å². The van der Waals surface area contributed by atoms with Crippen LogP contribution in [0.25, 0.3) is 11.3 Å². The standard InChI is InChI=1S/C15H18N4O3/c1-9-13(22-8-10-4-5-10)6-12(19-18-9)11-7-16-15(21-3)17-14(11)20-2/h6-7,10H,4-5,8H2,1-3H3. The lowest BCUT2D eigenvalue weighted by Crippen LogP contribution is -2.04. The summed E-state index contributed by atoms with van der Waals surface area (Å²) in [6, 6.07) is 2.09. The van der Waals surface area contributed by atoms with Crippen LogP contribution in [0.4, 0.5) is 0 Å². The zero-order valence-electron chi connectivity index (χ0n) is 12.9. The molecule has 2 aromatic rings. The molecule has 0 amide bonds. The normalized spacial score (nSPS) is 13.8. The maximum atomic E-state index is 5.83. The van der Waals surface area contributed by atoms with Gasteiger partial charge in [0.25, 0.3) is 0 Å². The number of hydrogen-bond acceptors (Lipinski definition) is 7. The first kappa shape index (κ1) is 14.5. The summed E-state index contributed by atoms with van der Waals surface area (Å²) in [5, 5.41) is 8.34. The predicted molar refractivity (Wildman–Crippen MR) is 79.1 cm³/mol. The van der Waals surface area contributed by atoms with Gasteiger partial charge in [-0.25, -0.2) is 4.98 Å². The van der Waals surface area contributed by atoms with Gasteiger partial charge in [0.15, 0.2) is 0 Å². The van der Waals surface area contributed by atoms with Gasteiger partial charge in [-0.2, -0.15) is 10.1 Å². The molecule has 0 aromatic carbocycles. The van der Waals surface area contributed by atoms with Crippen molar-refractivity contribution in [3.05, 3.63) is 18.0 Å². The number of rotatable bonds is 6. The average Bonchev–Trinajstić information content (AvgIpc) is 3.38. The first-order valence-electron chi connectivity index (χ1n) is 7.13. The van der Waals surface area contributed by atoms with Crippen molar-refractivity contribution >= 4 is 0 Å². The zero-order valence-corrected chi connectivity index (χ0v) is 12.9. The molecule has 116 valence electrons. The summed E-state index contributed by atoms with van der Waals surface area (Å²) in [5.41, 5.74) is 2.01. The van der Waals surface area contributed by atoms with Gasteiger partial charge >= 0.3 is 6.01 Å². The molecule has 1 saturated carbocycles. The Balaban J connectivity index is 1.91. The summed E-state index contributed by atoms with van der Waals surface area (Å²) in [4.78, 5) is 8.25. The molecule has 1 fully saturated rings. The van der Waals surface area contributed by atoms with Crippen LogP contribution >= 0.6 is 0 Å². The molecule has 0 radical (unpaired) electrons. The van der Waals surface area contributed by atoms with Crippen LogP contribution in [0.1, 0.15) is 18.5 Å². The fourth-order valence-corrected chi connectivity index (χ4v) is 1.99. The molecule has 0 saturated heterocycles. The van der Waals surface area contributed by atoms with Crippen molar-refractivity contribution in [3.8, 4) is 28.9 Å². The monoisotopic (exact) mass is 302 g/mol. The van der Waals surface area contributed by atoms with Gasteiger partial charge < -0.3 is 14.2 Å². The molecule has 22 heavy (non-hydrogen) atoms. The average molecular weight is 302 g/mol. The predicted octanol–water partition coefficient (Wildman–Crippen LogP) is 2.05. The van der Waals surface area contributed by atoms with Crippen LogP contribution < -0.4 is 14.2 Å². The molecule has 0 N–H and O–H groups in total. The second-order valence-electron chi connectivity index (χ2n) is 5.21. The molecular weight excluding hydrogens is 284 g/mol. The summed E-state index contributed by atoms with van der Waals surface area (Å²) in [5.74, 6) is 1.79. The van der Waals surface area contributed by atoms with E-state index in [1.807, 2.05) is 13.0 Å². The zero-order chi connectivity index (χ0) is 15.5. The van der Waals surface area contributed by atoms with Gasteiger partial charge in [0, 0.05) is 12.3 Å². The smallest absolute Gasteiger partial charge is 0.319 e. The first-order chi connectivity index (χ1) is 10.7. The lowest BCUT2D eigenvalue weighted by atomic mass is 10.2. The van der Waals surface area contributed by atoms with Gasteiger partial charge in [0.1, 0.15) is 17.1 Å². The van der Waals surface area contributed by atoms with Gasteiger partial charge in [-0.1, -0.05) is 0 Å². The topological polar surface area (TPSA) is 79.2 Å². The van der Waals surface area contributed by atoms with E-state index in [4.69, 9.17) is 14.2 Å². The lowest BCUT2D eigenvalue weighted by Gasteiger charge is -2.11. The second kappa shape index (κ2) is 6.13. The Morgan fingerprint density at radius 3 is 2.68 bits per heavy atom. The van der Waals surface area contributed by atoms with E-state index in [2.05, 4.69) is 20.2 Å². The van der Waals surface area contributed by atoms with E-state index < -0.39 is 0 Å². The number of aromatic nitrogens is 4. The van der Waals surface area contributed by atoms with E-state index in [1.54, 1.807) is 6.20 Å². The van der Waals surface area contributed by atoms with Crippen molar-refractivity contribution in [3.63, 3.8) is 0 Å². The quantitative estimate of drug-likeness (QED) is 0.808. The highest BCUT2D eigenvalue weighted by Gasteiger charge is 2.22. The van der Waals surface area contributed by atoms with Crippen molar-refractivity contribution in [1.29, 1.82) is 0 Å². The molecule has 1 aliphatic carbocycles. The van der Waals surface area contributed by atoms with E-state index in [-0.39, 0.29) is 6.01 Å². The minimum atomic E-state index is 0.242. The van der Waals surface area contributed by atoms with E-state index in [1.165, 1.54) is 27.1 Å². The molecule has 0 unspecified atom stereocenters. The summed E-state index contributed by atoms with van der Waals surface area (Å²) < 4.78 is 16.1. The molecule has 2 heterocycles. The highest BCUT2D eigenvalue weighted by molar-refractivity contribution is 5.65. The molecule has 0 aliphatic heterocycles. The molecule has 0 atom stereocenters. The number of ether oxygens (including phenoxy) is 3. The Morgan fingerprint density at radius 2 is 2.00 bits per heavy atom. The SMILES string of the molecule is COc1ncc(-c2cc(OCC3CC3)c(C)nn2)c(OC)n1. The van der Waals surface area contributed by atoms with Gasteiger partial charge in [-0.05, 0) is 25.7 Å². The highest BCUT2D eigenvalue weighted by Crippen LogP contribution is 2.32. The van der Waals surface area contributed by atoms with Crippen LogP contribution in [-0.2, 0) is 0 Å². The van der Waals surface area contributed by atoms with Gasteiger partial charge in [-0.3, -0.25) is 0 Å². The molecule has 0 bridgehead atoms. The van der Waals surface area contributed by atoms with Crippen molar-refractivity contribution in [2.24, 2.45) is 5.92 Å². The Hall–Kier alpha value is -2.44. The van der Waals surface area contributed by atoms with Crippen LogP contribution in [0.3, 0.4) is 0 Å². The fraction of sp³-hybridized carbons (Fsp3) is 0.467. The third-order valence-corrected chi connectivity index (χ3v) is 3.49. The van der Waals surface area contributed by atoms with Crippen molar-refractivity contribution in [2.45, 2.75) is 19.8 Å². The van der Waals surface area contributed by atoms with E-state index in [9.17, 15) is 0 Å². The van der Waals surface area contributed by atoms with Gasteiger partial charge in [0.05, 0.1) is 26.4 Å². The van der Waals surface area contributed by atoms with Crippen LogP contribution in [0.2, 0.25) is 0 Å². The fourth-order valence-electron chi connectivity index (χ4n) is 1.99. The van der Waals surface area contributed by atoms with Gasteiger partial charge in [-0.15, -0.1) is 5.10 Å². The van der Waals surface area contributed by atoms with Crippen molar-refractivity contribution < 1.29 is 14.2 Å². The largest absolute Gasteiger partial charge is 0.491 e. The minimum absolute atomic E-state index is 0.242. The highest BCUT2D eigenvalue weighted by atomic mass is 16.5. The first-order valence-corrected chi connectivity index (χ1v) is 7.13. The minimum Gasteiger partial charge on any atom is -0.491 e. The number of hydrogen-bond donors (Lipinski definition) is 0. The maximum Gasteiger partial charge on any atom is 0.319 e. The van der Waals surface area contributed by atoms with E-state index >= 15 is 0 Å². The third kappa shape index (κ3) is 3.08. The van der Waals surface area contributed by atoms with Crippen molar-refractivity contribution in [2.75, 3.05) is 20.8 Å². The van der Waals surface area contributed by atoms with Crippen LogP contribution in [0, 0.1) is 12.8 Å². The van der Waals surface area contributed by atoms with E-state index in [0.29, 0.717) is 23.1 Å². The molecular formula is C15H18N4O3. The summed E-state index contributed by atoms with van der Waals surface area (Å²) in [6.07, 6.45) is 4.09. The Morgan fingerprint density at radius 1 is 1.18 bits per heavy atom. The number of aryl methyl sites for hydroxylation is 1. The molecule has 1 aliphatic rings. The molecule has 2 aromatic heterocycles.